The van der Waals surface area contributed by atoms with Gasteiger partial charge in [0.2, 0.25) is 5.78 Å². The number of Topliss-reactive ketones (excluding diaryl/α,β-unsaturated/α-hetero) is 1. The highest BCUT2D eigenvalue weighted by molar-refractivity contribution is 8.15. The molecule has 124 valence electrons. The molecule has 0 aromatic carbocycles. The number of carbonyl (C=O) groups is 2. The zero-order chi connectivity index (χ0) is 16.1. The van der Waals surface area contributed by atoms with E-state index in [9.17, 15) is 9.59 Å². The van der Waals surface area contributed by atoms with Gasteiger partial charge in [-0.15, -0.1) is 0 Å². The van der Waals surface area contributed by atoms with E-state index in [1.54, 1.807) is 0 Å². The van der Waals surface area contributed by atoms with E-state index in [1.165, 1.54) is 0 Å². The van der Waals surface area contributed by atoms with Gasteiger partial charge in [-0.1, -0.05) is 31.5 Å². The van der Waals surface area contributed by atoms with Gasteiger partial charge in [-0.25, -0.2) is 0 Å². The fourth-order valence-corrected chi connectivity index (χ4v) is 5.48. The number of hydrogen-bond acceptors (Lipinski definition) is 5. The Balaban J connectivity index is 3.91. The third-order valence-corrected chi connectivity index (χ3v) is 7.19. The molecule has 0 bridgehead atoms. The number of ketones is 1. The largest absolute Gasteiger partial charge is 0.395 e. The highest BCUT2D eigenvalue weighted by atomic mass is 32.2. The van der Waals surface area contributed by atoms with Gasteiger partial charge in [0.25, 0.3) is 5.12 Å². The summed E-state index contributed by atoms with van der Waals surface area (Å²) in [5.41, 5.74) is 0. The molecule has 0 amide bonds. The van der Waals surface area contributed by atoms with Crippen LogP contribution in [0.2, 0.25) is 12.6 Å². The minimum Gasteiger partial charge on any atom is -0.395 e. The Morgan fingerprint density at radius 3 is 2.14 bits per heavy atom. The standard InChI is InChI=1S/C15H30O4SSi/c1-5-8-9-11-14(16)15(17)20-12-10-13-21(4,18-6-2)19-7-3/h5-13H2,1-4H3. The van der Waals surface area contributed by atoms with Crippen LogP contribution < -0.4 is 0 Å². The molecule has 0 heterocycles. The zero-order valence-corrected chi connectivity index (χ0v) is 15.7. The summed E-state index contributed by atoms with van der Waals surface area (Å²) in [5.74, 6) is 0.434. The molecule has 0 aliphatic carbocycles. The van der Waals surface area contributed by atoms with Crippen molar-refractivity contribution in [3.63, 3.8) is 0 Å². The number of rotatable bonds is 13. The SMILES string of the molecule is CCCCCC(=O)C(=O)SCCC[Si](C)(OCC)OCC. The molecule has 6 heteroatoms. The molecule has 0 spiro atoms. The fraction of sp³-hybridized carbons (Fsp3) is 0.867. The van der Waals surface area contributed by atoms with Crippen LogP contribution >= 0.6 is 11.8 Å². The highest BCUT2D eigenvalue weighted by Gasteiger charge is 2.30. The lowest BCUT2D eigenvalue weighted by molar-refractivity contribution is -0.131. The Labute approximate surface area is 134 Å². The van der Waals surface area contributed by atoms with Gasteiger partial charge in [-0.2, -0.15) is 0 Å². The predicted octanol–water partition coefficient (Wildman–Crippen LogP) is 3.93. The molecule has 0 aliphatic rings. The maximum atomic E-state index is 11.7. The first-order valence-electron chi connectivity index (χ1n) is 7.97. The first-order valence-corrected chi connectivity index (χ1v) is 11.5. The van der Waals surface area contributed by atoms with Crippen LogP contribution in [0.15, 0.2) is 0 Å². The summed E-state index contributed by atoms with van der Waals surface area (Å²) in [6.07, 6.45) is 4.13. The molecule has 0 aromatic heterocycles. The van der Waals surface area contributed by atoms with E-state index in [1.807, 2.05) is 13.8 Å². The van der Waals surface area contributed by atoms with Crippen molar-refractivity contribution in [3.8, 4) is 0 Å². The molecule has 0 fully saturated rings. The Morgan fingerprint density at radius 2 is 1.62 bits per heavy atom. The maximum Gasteiger partial charge on any atom is 0.334 e. The normalized spacial score (nSPS) is 11.6. The van der Waals surface area contributed by atoms with Crippen LogP contribution in [0, 0.1) is 0 Å². The fourth-order valence-electron chi connectivity index (χ4n) is 2.07. The summed E-state index contributed by atoms with van der Waals surface area (Å²) >= 11 is 1.14. The topological polar surface area (TPSA) is 52.6 Å². The molecular weight excluding hydrogens is 304 g/mol. The number of hydrogen-bond donors (Lipinski definition) is 0. The van der Waals surface area contributed by atoms with E-state index in [2.05, 4.69) is 13.5 Å². The van der Waals surface area contributed by atoms with Crippen molar-refractivity contribution in [1.82, 2.24) is 0 Å². The van der Waals surface area contributed by atoms with Crippen molar-refractivity contribution in [2.45, 2.75) is 65.5 Å². The van der Waals surface area contributed by atoms with Crippen LogP contribution in [-0.2, 0) is 18.4 Å². The summed E-state index contributed by atoms with van der Waals surface area (Å²) in [5, 5.41) is -0.290. The average molecular weight is 335 g/mol. The molecular formula is C15H30O4SSi. The van der Waals surface area contributed by atoms with Gasteiger partial charge < -0.3 is 8.85 Å². The van der Waals surface area contributed by atoms with Crippen molar-refractivity contribution in [3.05, 3.63) is 0 Å². The monoisotopic (exact) mass is 334 g/mol. The quantitative estimate of drug-likeness (QED) is 0.290. The molecule has 0 N–H and O–H groups in total. The van der Waals surface area contributed by atoms with Gasteiger partial charge in [-0.3, -0.25) is 9.59 Å². The minimum absolute atomic E-state index is 0.233. The molecule has 0 aromatic rings. The summed E-state index contributed by atoms with van der Waals surface area (Å²) in [6.45, 7) is 9.39. The van der Waals surface area contributed by atoms with Crippen molar-refractivity contribution in [2.24, 2.45) is 0 Å². The molecule has 0 radical (unpaired) electrons. The molecule has 0 rings (SSSR count). The van der Waals surface area contributed by atoms with Crippen LogP contribution in [0.5, 0.6) is 0 Å². The van der Waals surface area contributed by atoms with Crippen molar-refractivity contribution < 1.29 is 18.4 Å². The van der Waals surface area contributed by atoms with Gasteiger partial charge in [0.05, 0.1) is 0 Å². The third kappa shape index (κ3) is 10.2. The Hall–Kier alpha value is -0.173. The lowest BCUT2D eigenvalue weighted by atomic mass is 10.1. The molecule has 4 nitrogen and oxygen atoms in total. The third-order valence-electron chi connectivity index (χ3n) is 3.14. The van der Waals surface area contributed by atoms with Gasteiger partial charge in [0.1, 0.15) is 0 Å². The van der Waals surface area contributed by atoms with E-state index in [4.69, 9.17) is 8.85 Å². The second-order valence-electron chi connectivity index (χ2n) is 5.12. The van der Waals surface area contributed by atoms with Crippen LogP contribution in [0.1, 0.15) is 52.9 Å². The summed E-state index contributed by atoms with van der Waals surface area (Å²) in [4.78, 5) is 23.3. The van der Waals surface area contributed by atoms with E-state index in [0.29, 0.717) is 25.4 Å². The van der Waals surface area contributed by atoms with Gasteiger partial charge in [0, 0.05) is 25.4 Å². The van der Waals surface area contributed by atoms with E-state index in [-0.39, 0.29) is 10.9 Å². The molecule has 0 saturated carbocycles. The second kappa shape index (κ2) is 12.4. The van der Waals surface area contributed by atoms with Gasteiger partial charge in [-0.05, 0) is 39.3 Å². The van der Waals surface area contributed by atoms with E-state index >= 15 is 0 Å². The van der Waals surface area contributed by atoms with Crippen molar-refractivity contribution in [1.29, 1.82) is 0 Å². The minimum atomic E-state index is -2.08. The molecule has 0 aliphatic heterocycles. The molecule has 0 atom stereocenters. The van der Waals surface area contributed by atoms with Crippen LogP contribution in [0.3, 0.4) is 0 Å². The Kier molecular flexibility index (Phi) is 12.3. The molecule has 0 saturated heterocycles. The highest BCUT2D eigenvalue weighted by Crippen LogP contribution is 2.19. The lowest BCUT2D eigenvalue weighted by Crippen LogP contribution is -2.38. The molecule has 21 heavy (non-hydrogen) atoms. The lowest BCUT2D eigenvalue weighted by Gasteiger charge is -2.25. The van der Waals surface area contributed by atoms with Gasteiger partial charge in [0.15, 0.2) is 0 Å². The molecule has 0 unspecified atom stereocenters. The zero-order valence-electron chi connectivity index (χ0n) is 13.9. The summed E-state index contributed by atoms with van der Waals surface area (Å²) in [7, 11) is -2.08. The Morgan fingerprint density at radius 1 is 1.00 bits per heavy atom. The Bertz CT molecular complexity index is 304. The van der Waals surface area contributed by atoms with E-state index < -0.39 is 8.56 Å². The smallest absolute Gasteiger partial charge is 0.334 e. The van der Waals surface area contributed by atoms with E-state index in [0.717, 1.165) is 43.5 Å². The second-order valence-corrected chi connectivity index (χ2v) is 9.53. The number of thioether (sulfide) groups is 1. The maximum absolute atomic E-state index is 11.7. The van der Waals surface area contributed by atoms with Crippen LogP contribution in [0.25, 0.3) is 0 Å². The average Bonchev–Trinajstić information content (AvgIpc) is 2.44. The van der Waals surface area contributed by atoms with Crippen LogP contribution in [0.4, 0.5) is 0 Å². The summed E-state index contributed by atoms with van der Waals surface area (Å²) in [6, 6.07) is 0.860. The number of unbranched alkanes of at least 4 members (excludes halogenated alkanes) is 2. The van der Waals surface area contributed by atoms with Crippen LogP contribution in [-0.4, -0.2) is 38.4 Å². The summed E-state index contributed by atoms with van der Waals surface area (Å²) < 4.78 is 11.5. The predicted molar refractivity (Wildman–Crippen MR) is 90.9 cm³/mol. The number of carbonyl (C=O) groups excluding carboxylic acids is 2. The first kappa shape index (κ1) is 20.8. The van der Waals surface area contributed by atoms with Crippen molar-refractivity contribution >= 4 is 31.2 Å². The van der Waals surface area contributed by atoms with Crippen molar-refractivity contribution in [2.75, 3.05) is 19.0 Å². The van der Waals surface area contributed by atoms with Gasteiger partial charge >= 0.3 is 8.56 Å². The first-order chi connectivity index (χ1) is 9.99.